The third kappa shape index (κ3) is 2.78. The molecule has 0 spiro atoms. The lowest BCUT2D eigenvalue weighted by molar-refractivity contribution is 0.415. The van der Waals surface area contributed by atoms with E-state index in [1.807, 2.05) is 35.1 Å². The van der Waals surface area contributed by atoms with Crippen LogP contribution in [0.3, 0.4) is 0 Å². The lowest BCUT2D eigenvalue weighted by Gasteiger charge is -2.04. The zero-order valence-corrected chi connectivity index (χ0v) is 14.5. The fraction of sp³-hybridized carbons (Fsp3) is 0.118. The van der Waals surface area contributed by atoms with Gasteiger partial charge < -0.3 is 4.74 Å². The highest BCUT2D eigenvalue weighted by Crippen LogP contribution is 2.30. The number of methoxy groups -OCH3 is 1. The van der Waals surface area contributed by atoms with E-state index in [2.05, 4.69) is 48.6 Å². The molecule has 120 valence electrons. The average molecular weight is 384 g/mol. The Morgan fingerprint density at radius 1 is 1.21 bits per heavy atom. The minimum atomic E-state index is 0.665. The molecule has 7 heteroatoms. The third-order valence-electron chi connectivity index (χ3n) is 3.84. The number of aromatic nitrogens is 5. The average Bonchev–Trinajstić information content (AvgIpc) is 3.25. The first-order chi connectivity index (χ1) is 11.7. The lowest BCUT2D eigenvalue weighted by Crippen LogP contribution is -1.99. The van der Waals surface area contributed by atoms with E-state index in [1.54, 1.807) is 13.3 Å². The monoisotopic (exact) mass is 383 g/mol. The Kier molecular flexibility index (Phi) is 3.78. The molecule has 0 radical (unpaired) electrons. The summed E-state index contributed by atoms with van der Waals surface area (Å²) >= 11 is 3.44. The molecule has 4 rings (SSSR count). The Labute approximate surface area is 146 Å². The largest absolute Gasteiger partial charge is 0.497 e. The number of nitrogens with zero attached hydrogens (tertiary/aromatic N) is 4. The topological polar surface area (TPSA) is 68.6 Å². The second-order valence-electron chi connectivity index (χ2n) is 5.43. The molecule has 1 N–H and O–H groups in total. The Morgan fingerprint density at radius 3 is 2.83 bits per heavy atom. The maximum absolute atomic E-state index is 5.36. The van der Waals surface area contributed by atoms with E-state index < -0.39 is 0 Å². The summed E-state index contributed by atoms with van der Waals surface area (Å²) in [6, 6.07) is 12.0. The van der Waals surface area contributed by atoms with Gasteiger partial charge in [-0.25, -0.2) is 4.68 Å². The fourth-order valence-electron chi connectivity index (χ4n) is 2.63. The standard InChI is InChI=1S/C17H14BrN5O/c1-24-13-6-14(15-8-19-20-16(15)7-13)17-10-23(22-21-17)9-11-2-4-12(18)5-3-11/h2-8,10H,9H2,1H3,(H,19,20). The summed E-state index contributed by atoms with van der Waals surface area (Å²) < 4.78 is 8.24. The lowest BCUT2D eigenvalue weighted by atomic mass is 10.1. The number of rotatable bonds is 4. The van der Waals surface area contributed by atoms with Crippen LogP contribution in [0.5, 0.6) is 5.75 Å². The molecule has 2 heterocycles. The van der Waals surface area contributed by atoms with Crippen molar-refractivity contribution in [2.24, 2.45) is 0 Å². The van der Waals surface area contributed by atoms with E-state index in [4.69, 9.17) is 4.74 Å². The summed E-state index contributed by atoms with van der Waals surface area (Å²) in [6.07, 6.45) is 3.72. The van der Waals surface area contributed by atoms with Crippen LogP contribution in [0, 0.1) is 0 Å². The zero-order chi connectivity index (χ0) is 16.5. The number of hydrogen-bond acceptors (Lipinski definition) is 4. The molecular weight excluding hydrogens is 370 g/mol. The van der Waals surface area contributed by atoms with E-state index in [-0.39, 0.29) is 0 Å². The third-order valence-corrected chi connectivity index (χ3v) is 4.37. The van der Waals surface area contributed by atoms with Gasteiger partial charge in [-0.1, -0.05) is 33.3 Å². The number of hydrogen-bond donors (Lipinski definition) is 1. The molecule has 6 nitrogen and oxygen atoms in total. The van der Waals surface area contributed by atoms with Crippen LogP contribution >= 0.6 is 15.9 Å². The number of nitrogens with one attached hydrogen (secondary N) is 1. The van der Waals surface area contributed by atoms with Gasteiger partial charge in [0.15, 0.2) is 0 Å². The SMILES string of the molecule is COc1cc(-c2cn(Cc3ccc(Br)cc3)nn2)c2cn[nH]c2c1. The van der Waals surface area contributed by atoms with E-state index >= 15 is 0 Å². The van der Waals surface area contributed by atoms with Crippen molar-refractivity contribution in [2.45, 2.75) is 6.54 Å². The second kappa shape index (κ2) is 6.09. The van der Waals surface area contributed by atoms with E-state index in [9.17, 15) is 0 Å². The van der Waals surface area contributed by atoms with E-state index in [1.165, 1.54) is 0 Å². The number of benzene rings is 2. The highest BCUT2D eigenvalue weighted by molar-refractivity contribution is 9.10. The number of ether oxygens (including phenoxy) is 1. The van der Waals surface area contributed by atoms with Crippen molar-refractivity contribution in [3.8, 4) is 17.0 Å². The normalized spacial score (nSPS) is 11.1. The molecule has 0 aliphatic heterocycles. The molecule has 0 aliphatic rings. The Morgan fingerprint density at radius 2 is 2.04 bits per heavy atom. The first-order valence-corrected chi connectivity index (χ1v) is 8.18. The van der Waals surface area contributed by atoms with Crippen molar-refractivity contribution in [3.63, 3.8) is 0 Å². The Bertz CT molecular complexity index is 990. The van der Waals surface area contributed by atoms with Crippen LogP contribution in [0.1, 0.15) is 5.56 Å². The molecule has 2 aromatic heterocycles. The molecule has 2 aromatic carbocycles. The predicted octanol–water partition coefficient (Wildman–Crippen LogP) is 3.64. The van der Waals surface area contributed by atoms with Crippen LogP contribution in [0.2, 0.25) is 0 Å². The first kappa shape index (κ1) is 14.9. The first-order valence-electron chi connectivity index (χ1n) is 7.39. The maximum atomic E-state index is 5.36. The molecule has 0 saturated carbocycles. The second-order valence-corrected chi connectivity index (χ2v) is 6.35. The van der Waals surface area contributed by atoms with Gasteiger partial charge in [-0.05, 0) is 23.8 Å². The number of H-pyrrole nitrogens is 1. The fourth-order valence-corrected chi connectivity index (χ4v) is 2.89. The molecule has 0 unspecified atom stereocenters. The summed E-state index contributed by atoms with van der Waals surface area (Å²) in [5, 5.41) is 16.6. The highest BCUT2D eigenvalue weighted by Gasteiger charge is 2.12. The quantitative estimate of drug-likeness (QED) is 0.583. The predicted molar refractivity (Wildman–Crippen MR) is 94.9 cm³/mol. The molecule has 0 saturated heterocycles. The van der Waals surface area contributed by atoms with Gasteiger partial charge in [-0.2, -0.15) is 5.10 Å². The van der Waals surface area contributed by atoms with Crippen molar-refractivity contribution in [2.75, 3.05) is 7.11 Å². The van der Waals surface area contributed by atoms with Crippen LogP contribution in [0.25, 0.3) is 22.2 Å². The molecular formula is C17H14BrN5O. The minimum Gasteiger partial charge on any atom is -0.497 e. The molecule has 24 heavy (non-hydrogen) atoms. The van der Waals surface area contributed by atoms with Gasteiger partial charge in [0.2, 0.25) is 0 Å². The molecule has 0 amide bonds. The molecule has 4 aromatic rings. The summed E-state index contributed by atoms with van der Waals surface area (Å²) in [5.41, 5.74) is 3.80. The molecule has 0 bridgehead atoms. The van der Waals surface area contributed by atoms with Gasteiger partial charge in [0, 0.05) is 21.5 Å². The summed E-state index contributed by atoms with van der Waals surface area (Å²) in [5.74, 6) is 0.754. The van der Waals surface area contributed by atoms with E-state index in [0.29, 0.717) is 6.54 Å². The smallest absolute Gasteiger partial charge is 0.121 e. The van der Waals surface area contributed by atoms with Crippen LogP contribution < -0.4 is 4.74 Å². The zero-order valence-electron chi connectivity index (χ0n) is 12.9. The van der Waals surface area contributed by atoms with E-state index in [0.717, 1.165) is 37.9 Å². The van der Waals surface area contributed by atoms with Crippen molar-refractivity contribution >= 4 is 26.8 Å². The van der Waals surface area contributed by atoms with Crippen LogP contribution in [-0.2, 0) is 6.54 Å². The van der Waals surface area contributed by atoms with Crippen molar-refractivity contribution in [1.82, 2.24) is 25.2 Å². The van der Waals surface area contributed by atoms with Gasteiger partial charge in [-0.15, -0.1) is 5.10 Å². The van der Waals surface area contributed by atoms with Gasteiger partial charge in [0.25, 0.3) is 0 Å². The number of halogens is 1. The van der Waals surface area contributed by atoms with Gasteiger partial charge in [-0.3, -0.25) is 5.10 Å². The van der Waals surface area contributed by atoms with Crippen molar-refractivity contribution in [1.29, 1.82) is 0 Å². The van der Waals surface area contributed by atoms with Crippen LogP contribution in [0.15, 0.2) is 53.3 Å². The maximum Gasteiger partial charge on any atom is 0.121 e. The van der Waals surface area contributed by atoms with Gasteiger partial charge in [0.1, 0.15) is 11.4 Å². The Hall–Kier alpha value is -2.67. The summed E-state index contributed by atoms with van der Waals surface area (Å²) in [7, 11) is 1.64. The minimum absolute atomic E-state index is 0.665. The molecule has 0 atom stereocenters. The van der Waals surface area contributed by atoms with Crippen molar-refractivity contribution < 1.29 is 4.74 Å². The molecule has 0 fully saturated rings. The number of aromatic amines is 1. The molecule has 0 aliphatic carbocycles. The summed E-state index contributed by atoms with van der Waals surface area (Å²) in [4.78, 5) is 0. The Balaban J connectivity index is 1.69. The highest BCUT2D eigenvalue weighted by atomic mass is 79.9. The van der Waals surface area contributed by atoms with Crippen LogP contribution in [0.4, 0.5) is 0 Å². The van der Waals surface area contributed by atoms with Crippen LogP contribution in [-0.4, -0.2) is 32.3 Å². The summed E-state index contributed by atoms with van der Waals surface area (Å²) in [6.45, 7) is 0.665. The van der Waals surface area contributed by atoms with Gasteiger partial charge in [0.05, 0.1) is 31.6 Å². The van der Waals surface area contributed by atoms with Crippen molar-refractivity contribution in [3.05, 3.63) is 58.8 Å². The number of fused-ring (bicyclic) bond motifs is 1. The van der Waals surface area contributed by atoms with Gasteiger partial charge >= 0.3 is 0 Å².